The molecule has 1 aliphatic rings. The summed E-state index contributed by atoms with van der Waals surface area (Å²) < 4.78 is 10.9. The first-order valence-electron chi connectivity index (χ1n) is 9.65. The molecule has 0 atom stereocenters. The lowest BCUT2D eigenvalue weighted by Crippen LogP contribution is -2.14. The van der Waals surface area contributed by atoms with Crippen LogP contribution in [-0.4, -0.2) is 16.7 Å². The normalized spacial score (nSPS) is 12.8. The third-order valence-electron chi connectivity index (χ3n) is 4.80. The van der Waals surface area contributed by atoms with Crippen LogP contribution in [0.25, 0.3) is 0 Å². The minimum atomic E-state index is -0.393. The molecule has 0 amide bonds. The van der Waals surface area contributed by atoms with E-state index in [0.717, 1.165) is 39.9 Å². The maximum absolute atomic E-state index is 10.8. The minimum Gasteiger partial charge on any atom is -0.454 e. The number of benzene rings is 2. The van der Waals surface area contributed by atoms with E-state index in [1.165, 1.54) is 17.0 Å². The van der Waals surface area contributed by atoms with Crippen molar-refractivity contribution in [1.82, 2.24) is 4.98 Å². The van der Waals surface area contributed by atoms with Gasteiger partial charge < -0.3 is 14.8 Å². The number of aromatic nitrogens is 1. The average molecular weight is 426 g/mol. The van der Waals surface area contributed by atoms with E-state index in [4.69, 9.17) is 14.5 Å². The first kappa shape index (κ1) is 20.2. The molecule has 1 aromatic heterocycles. The number of rotatable bonds is 6. The molecule has 3 aromatic rings. The average Bonchev–Trinajstić information content (AvgIpc) is 3.33. The minimum absolute atomic E-state index is 0.0878. The highest BCUT2D eigenvalue weighted by atomic mass is 32.1. The van der Waals surface area contributed by atoms with Gasteiger partial charge in [0.05, 0.1) is 10.6 Å². The van der Waals surface area contributed by atoms with E-state index in [1.807, 2.05) is 12.1 Å². The van der Waals surface area contributed by atoms with Crippen LogP contribution < -0.4 is 14.8 Å². The van der Waals surface area contributed by atoms with Crippen molar-refractivity contribution in [2.24, 2.45) is 0 Å². The number of nitrogens with one attached hydrogen (secondary N) is 1. The summed E-state index contributed by atoms with van der Waals surface area (Å²) in [5.41, 5.74) is 3.18. The van der Waals surface area contributed by atoms with Gasteiger partial charge >= 0.3 is 0 Å². The predicted octanol–water partition coefficient (Wildman–Crippen LogP) is 5.28. The standard InChI is InChI=1S/C22H23N3O4S/c1-22(2,3)20-19(11-15-6-9-17-18(10-15)29-13-28-17)30-21(24-20)23-12-14-4-7-16(8-5-14)25(26)27/h4-10H,11-13H2,1-3H3,(H,23,24). The smallest absolute Gasteiger partial charge is 0.269 e. The zero-order valence-corrected chi connectivity index (χ0v) is 17.9. The number of nitro groups is 1. The molecule has 1 aliphatic heterocycles. The first-order valence-corrected chi connectivity index (χ1v) is 10.5. The summed E-state index contributed by atoms with van der Waals surface area (Å²) >= 11 is 1.64. The van der Waals surface area contributed by atoms with E-state index in [2.05, 4.69) is 32.2 Å². The fraction of sp³-hybridized carbons (Fsp3) is 0.318. The van der Waals surface area contributed by atoms with Crippen LogP contribution in [0, 0.1) is 10.1 Å². The Bertz CT molecular complexity index is 1070. The molecule has 156 valence electrons. The second kappa shape index (κ2) is 7.95. The van der Waals surface area contributed by atoms with Crippen LogP contribution >= 0.6 is 11.3 Å². The lowest BCUT2D eigenvalue weighted by atomic mass is 9.90. The Balaban J connectivity index is 1.52. The molecule has 30 heavy (non-hydrogen) atoms. The Labute approximate surface area is 178 Å². The molecule has 7 nitrogen and oxygen atoms in total. The molecule has 0 aliphatic carbocycles. The highest BCUT2D eigenvalue weighted by Gasteiger charge is 2.24. The molecule has 0 unspecified atom stereocenters. The molecule has 1 N–H and O–H groups in total. The predicted molar refractivity (Wildman–Crippen MR) is 117 cm³/mol. The Morgan fingerprint density at radius 3 is 2.50 bits per heavy atom. The Morgan fingerprint density at radius 1 is 1.10 bits per heavy atom. The van der Waals surface area contributed by atoms with Crippen LogP contribution in [0.5, 0.6) is 11.5 Å². The maximum Gasteiger partial charge on any atom is 0.269 e. The van der Waals surface area contributed by atoms with E-state index in [0.29, 0.717) is 6.54 Å². The lowest BCUT2D eigenvalue weighted by Gasteiger charge is -2.17. The Kier molecular flexibility index (Phi) is 5.34. The van der Waals surface area contributed by atoms with Gasteiger partial charge in [-0.15, -0.1) is 11.3 Å². The second-order valence-corrected chi connectivity index (χ2v) is 9.27. The van der Waals surface area contributed by atoms with Crippen LogP contribution in [0.1, 0.15) is 42.5 Å². The highest BCUT2D eigenvalue weighted by Crippen LogP contribution is 2.37. The van der Waals surface area contributed by atoms with Gasteiger partial charge in [-0.3, -0.25) is 10.1 Å². The van der Waals surface area contributed by atoms with Crippen molar-refractivity contribution in [1.29, 1.82) is 0 Å². The van der Waals surface area contributed by atoms with Gasteiger partial charge in [0.2, 0.25) is 6.79 Å². The lowest BCUT2D eigenvalue weighted by molar-refractivity contribution is -0.384. The van der Waals surface area contributed by atoms with Crippen LogP contribution in [-0.2, 0) is 18.4 Å². The van der Waals surface area contributed by atoms with E-state index in [9.17, 15) is 10.1 Å². The van der Waals surface area contributed by atoms with Gasteiger partial charge in [0.1, 0.15) is 0 Å². The van der Waals surface area contributed by atoms with Crippen molar-refractivity contribution in [2.75, 3.05) is 12.1 Å². The summed E-state index contributed by atoms with van der Waals surface area (Å²) in [5.74, 6) is 1.57. The zero-order valence-electron chi connectivity index (χ0n) is 17.1. The van der Waals surface area contributed by atoms with E-state index in [1.54, 1.807) is 23.5 Å². The number of thiazole rings is 1. The summed E-state index contributed by atoms with van der Waals surface area (Å²) in [6.45, 7) is 7.30. The van der Waals surface area contributed by atoms with E-state index >= 15 is 0 Å². The molecule has 0 saturated carbocycles. The molecule has 8 heteroatoms. The summed E-state index contributed by atoms with van der Waals surface area (Å²) in [5, 5.41) is 15.0. The number of ether oxygens (including phenoxy) is 2. The van der Waals surface area contributed by atoms with Crippen molar-refractivity contribution in [3.05, 3.63) is 74.3 Å². The van der Waals surface area contributed by atoms with Crippen LogP contribution in [0.2, 0.25) is 0 Å². The van der Waals surface area contributed by atoms with Crippen molar-refractivity contribution in [2.45, 2.75) is 39.2 Å². The van der Waals surface area contributed by atoms with Gasteiger partial charge in [-0.2, -0.15) is 0 Å². The monoisotopic (exact) mass is 425 g/mol. The summed E-state index contributed by atoms with van der Waals surface area (Å²) in [6.07, 6.45) is 0.764. The van der Waals surface area contributed by atoms with Crippen LogP contribution in [0.4, 0.5) is 10.8 Å². The SMILES string of the molecule is CC(C)(C)c1nc(NCc2ccc([N+](=O)[O-])cc2)sc1Cc1ccc2c(c1)OCO2. The highest BCUT2D eigenvalue weighted by molar-refractivity contribution is 7.15. The van der Waals surface area contributed by atoms with E-state index in [-0.39, 0.29) is 17.9 Å². The molecule has 2 aromatic carbocycles. The van der Waals surface area contributed by atoms with Gasteiger partial charge in [0, 0.05) is 35.4 Å². The number of nitro benzene ring substituents is 1. The van der Waals surface area contributed by atoms with Crippen molar-refractivity contribution >= 4 is 22.2 Å². The third kappa shape index (κ3) is 4.38. The second-order valence-electron chi connectivity index (χ2n) is 8.18. The number of hydrogen-bond acceptors (Lipinski definition) is 7. The molecule has 2 heterocycles. The molecule has 0 radical (unpaired) electrons. The van der Waals surface area contributed by atoms with Gasteiger partial charge in [-0.1, -0.05) is 39.0 Å². The number of fused-ring (bicyclic) bond motifs is 1. The fourth-order valence-electron chi connectivity index (χ4n) is 3.28. The molecule has 0 fully saturated rings. The van der Waals surface area contributed by atoms with E-state index < -0.39 is 4.92 Å². The first-order chi connectivity index (χ1) is 14.3. The molecular weight excluding hydrogens is 402 g/mol. The molecule has 0 spiro atoms. The summed E-state index contributed by atoms with van der Waals surface area (Å²) in [4.78, 5) is 16.5. The zero-order chi connectivity index (χ0) is 21.3. The number of anilines is 1. The summed E-state index contributed by atoms with van der Waals surface area (Å²) in [7, 11) is 0. The van der Waals surface area contributed by atoms with Gasteiger partial charge in [0.25, 0.3) is 5.69 Å². The fourth-order valence-corrected chi connectivity index (χ4v) is 4.48. The number of hydrogen-bond donors (Lipinski definition) is 1. The van der Waals surface area contributed by atoms with Gasteiger partial charge in [-0.05, 0) is 23.3 Å². The molecule has 4 rings (SSSR count). The number of nitrogens with zero attached hydrogens (tertiary/aromatic N) is 2. The van der Waals surface area contributed by atoms with Crippen molar-refractivity contribution < 1.29 is 14.4 Å². The topological polar surface area (TPSA) is 86.5 Å². The molecule has 0 bridgehead atoms. The Hall–Kier alpha value is -3.13. The molecule has 0 saturated heterocycles. The Morgan fingerprint density at radius 2 is 1.80 bits per heavy atom. The van der Waals surface area contributed by atoms with Gasteiger partial charge in [-0.25, -0.2) is 4.98 Å². The van der Waals surface area contributed by atoms with Crippen molar-refractivity contribution in [3.63, 3.8) is 0 Å². The largest absolute Gasteiger partial charge is 0.454 e. The number of non-ortho nitro benzene ring substituents is 1. The summed E-state index contributed by atoms with van der Waals surface area (Å²) in [6, 6.07) is 12.6. The third-order valence-corrected chi connectivity index (χ3v) is 5.81. The maximum atomic E-state index is 10.8. The van der Waals surface area contributed by atoms with Crippen LogP contribution in [0.3, 0.4) is 0 Å². The van der Waals surface area contributed by atoms with Gasteiger partial charge in [0.15, 0.2) is 16.6 Å². The van der Waals surface area contributed by atoms with Crippen LogP contribution in [0.15, 0.2) is 42.5 Å². The molecular formula is C22H23N3O4S. The quantitative estimate of drug-likeness (QED) is 0.427. The van der Waals surface area contributed by atoms with Crippen molar-refractivity contribution in [3.8, 4) is 11.5 Å².